The largest absolute Gasteiger partial charge is 0.394 e. The highest BCUT2D eigenvalue weighted by molar-refractivity contribution is 5.16. The van der Waals surface area contributed by atoms with E-state index in [4.69, 9.17) is 15.3 Å². The fourth-order valence-corrected chi connectivity index (χ4v) is 1.21. The maximum Gasteiger partial charge on any atom is 0.123 e. The van der Waals surface area contributed by atoms with Crippen molar-refractivity contribution in [3.63, 3.8) is 0 Å². The summed E-state index contributed by atoms with van der Waals surface area (Å²) in [6.07, 6.45) is 0. The molecule has 16 heavy (non-hydrogen) atoms. The minimum Gasteiger partial charge on any atom is -0.394 e. The van der Waals surface area contributed by atoms with Crippen molar-refractivity contribution >= 4 is 0 Å². The van der Waals surface area contributed by atoms with Gasteiger partial charge in [-0.3, -0.25) is 0 Å². The smallest absolute Gasteiger partial charge is 0.123 e. The van der Waals surface area contributed by atoms with Crippen molar-refractivity contribution in [3.8, 4) is 0 Å². The van der Waals surface area contributed by atoms with E-state index < -0.39 is 5.54 Å². The SMILES string of the molecule is OCC(CO)(CO)NCc1ccc(F)cc1. The van der Waals surface area contributed by atoms with Crippen LogP contribution in [0.2, 0.25) is 0 Å². The van der Waals surface area contributed by atoms with Crippen LogP contribution in [0.25, 0.3) is 0 Å². The Morgan fingerprint density at radius 3 is 1.94 bits per heavy atom. The number of rotatable bonds is 6. The standard InChI is InChI=1S/C11H16FNO3/c12-10-3-1-9(2-4-10)5-13-11(6-14,7-15)8-16/h1-4,13-16H,5-8H2. The number of hydrogen-bond donors (Lipinski definition) is 4. The average molecular weight is 229 g/mol. The lowest BCUT2D eigenvalue weighted by molar-refractivity contribution is 0.0414. The van der Waals surface area contributed by atoms with Gasteiger partial charge < -0.3 is 20.6 Å². The minimum atomic E-state index is -1.10. The van der Waals surface area contributed by atoms with Crippen LogP contribution in [0.3, 0.4) is 0 Å². The monoisotopic (exact) mass is 229 g/mol. The maximum atomic E-state index is 12.6. The summed E-state index contributed by atoms with van der Waals surface area (Å²) in [6.45, 7) is -0.786. The molecule has 0 saturated carbocycles. The Balaban J connectivity index is 2.58. The third-order valence-electron chi connectivity index (χ3n) is 2.49. The fraction of sp³-hybridized carbons (Fsp3) is 0.455. The average Bonchev–Trinajstić information content (AvgIpc) is 2.34. The molecule has 90 valence electrons. The van der Waals surface area contributed by atoms with Crippen LogP contribution in [0.1, 0.15) is 5.56 Å². The molecule has 0 heterocycles. The summed E-state index contributed by atoms with van der Waals surface area (Å²) in [5, 5.41) is 30.0. The third-order valence-corrected chi connectivity index (χ3v) is 2.49. The van der Waals surface area contributed by atoms with Gasteiger partial charge in [0.05, 0.1) is 25.4 Å². The molecule has 4 N–H and O–H groups in total. The first-order valence-electron chi connectivity index (χ1n) is 4.98. The zero-order chi connectivity index (χ0) is 12.0. The van der Waals surface area contributed by atoms with Gasteiger partial charge in [-0.05, 0) is 17.7 Å². The number of nitrogens with one attached hydrogen (secondary N) is 1. The predicted molar refractivity (Wildman–Crippen MR) is 57.2 cm³/mol. The Morgan fingerprint density at radius 2 is 1.50 bits per heavy atom. The number of benzene rings is 1. The molecule has 0 radical (unpaired) electrons. The van der Waals surface area contributed by atoms with Gasteiger partial charge in [0.1, 0.15) is 5.82 Å². The van der Waals surface area contributed by atoms with Gasteiger partial charge in [0, 0.05) is 6.54 Å². The molecule has 0 bridgehead atoms. The van der Waals surface area contributed by atoms with Crippen molar-refractivity contribution in [1.29, 1.82) is 0 Å². The molecule has 0 aliphatic rings. The molecule has 0 fully saturated rings. The molecule has 0 aromatic heterocycles. The first kappa shape index (κ1) is 13.1. The Morgan fingerprint density at radius 1 is 1.00 bits per heavy atom. The lowest BCUT2D eigenvalue weighted by Gasteiger charge is -2.28. The van der Waals surface area contributed by atoms with Crippen LogP contribution >= 0.6 is 0 Å². The molecule has 0 atom stereocenters. The molecule has 1 aromatic rings. The van der Waals surface area contributed by atoms with Crippen LogP contribution in [0.15, 0.2) is 24.3 Å². The van der Waals surface area contributed by atoms with E-state index >= 15 is 0 Å². The van der Waals surface area contributed by atoms with Crippen LogP contribution in [-0.4, -0.2) is 40.7 Å². The quantitative estimate of drug-likeness (QED) is 0.537. The van der Waals surface area contributed by atoms with E-state index in [1.165, 1.54) is 12.1 Å². The van der Waals surface area contributed by atoms with Crippen LogP contribution < -0.4 is 5.32 Å². The molecule has 1 rings (SSSR count). The second-order valence-corrected chi connectivity index (χ2v) is 3.73. The molecule has 0 saturated heterocycles. The third kappa shape index (κ3) is 3.24. The van der Waals surface area contributed by atoms with Gasteiger partial charge in [0.15, 0.2) is 0 Å². The molecule has 4 nitrogen and oxygen atoms in total. The molecule has 5 heteroatoms. The topological polar surface area (TPSA) is 72.7 Å². The Labute approximate surface area is 93.4 Å². The molecular weight excluding hydrogens is 213 g/mol. The Hall–Kier alpha value is -1.01. The number of aliphatic hydroxyl groups excluding tert-OH is 3. The maximum absolute atomic E-state index is 12.6. The van der Waals surface area contributed by atoms with E-state index in [9.17, 15) is 4.39 Å². The number of hydrogen-bond acceptors (Lipinski definition) is 4. The fourth-order valence-electron chi connectivity index (χ4n) is 1.21. The van der Waals surface area contributed by atoms with Crippen molar-refractivity contribution in [1.82, 2.24) is 5.32 Å². The summed E-state index contributed by atoms with van der Waals surface area (Å²) < 4.78 is 12.6. The highest BCUT2D eigenvalue weighted by atomic mass is 19.1. The summed E-state index contributed by atoms with van der Waals surface area (Å²) in [6, 6.07) is 5.85. The highest BCUT2D eigenvalue weighted by Crippen LogP contribution is 2.06. The highest BCUT2D eigenvalue weighted by Gasteiger charge is 2.26. The zero-order valence-corrected chi connectivity index (χ0v) is 8.86. The molecule has 0 unspecified atom stereocenters. The van der Waals surface area contributed by atoms with Crippen molar-refractivity contribution < 1.29 is 19.7 Å². The van der Waals surface area contributed by atoms with Gasteiger partial charge in [-0.1, -0.05) is 12.1 Å². The minimum absolute atomic E-state index is 0.318. The Bertz CT molecular complexity index is 303. The van der Waals surface area contributed by atoms with Crippen molar-refractivity contribution in [2.75, 3.05) is 19.8 Å². The van der Waals surface area contributed by atoms with Gasteiger partial charge in [-0.15, -0.1) is 0 Å². The first-order valence-corrected chi connectivity index (χ1v) is 4.98. The zero-order valence-electron chi connectivity index (χ0n) is 8.86. The van der Waals surface area contributed by atoms with Crippen LogP contribution in [0.5, 0.6) is 0 Å². The first-order chi connectivity index (χ1) is 7.65. The Kier molecular flexibility index (Phi) is 4.82. The van der Waals surface area contributed by atoms with E-state index in [1.807, 2.05) is 0 Å². The number of aliphatic hydroxyl groups is 3. The summed E-state index contributed by atoms with van der Waals surface area (Å²) in [5.74, 6) is -0.318. The van der Waals surface area contributed by atoms with E-state index in [1.54, 1.807) is 12.1 Å². The summed E-state index contributed by atoms with van der Waals surface area (Å²) in [7, 11) is 0. The lowest BCUT2D eigenvalue weighted by Crippen LogP contribution is -2.54. The van der Waals surface area contributed by atoms with Crippen LogP contribution in [0, 0.1) is 5.82 Å². The van der Waals surface area contributed by atoms with Crippen molar-refractivity contribution in [2.24, 2.45) is 0 Å². The van der Waals surface area contributed by atoms with E-state index in [0.717, 1.165) is 5.56 Å². The predicted octanol–water partition coefficient (Wildman–Crippen LogP) is -0.369. The molecule has 0 amide bonds. The summed E-state index contributed by atoms with van der Waals surface area (Å²) >= 11 is 0. The molecule has 0 spiro atoms. The summed E-state index contributed by atoms with van der Waals surface area (Å²) in [5.41, 5.74) is -0.296. The van der Waals surface area contributed by atoms with Crippen molar-refractivity contribution in [3.05, 3.63) is 35.6 Å². The van der Waals surface area contributed by atoms with Crippen molar-refractivity contribution in [2.45, 2.75) is 12.1 Å². The van der Waals surface area contributed by atoms with Gasteiger partial charge in [0.25, 0.3) is 0 Å². The summed E-state index contributed by atoms with van der Waals surface area (Å²) in [4.78, 5) is 0. The van der Waals surface area contributed by atoms with E-state index in [0.29, 0.717) is 6.54 Å². The molecular formula is C11H16FNO3. The number of halogens is 1. The second-order valence-electron chi connectivity index (χ2n) is 3.73. The van der Waals surface area contributed by atoms with Gasteiger partial charge >= 0.3 is 0 Å². The molecule has 0 aliphatic carbocycles. The van der Waals surface area contributed by atoms with Crippen LogP contribution in [0.4, 0.5) is 4.39 Å². The van der Waals surface area contributed by atoms with E-state index in [-0.39, 0.29) is 25.6 Å². The lowest BCUT2D eigenvalue weighted by atomic mass is 10.0. The van der Waals surface area contributed by atoms with Gasteiger partial charge in [-0.25, -0.2) is 4.39 Å². The van der Waals surface area contributed by atoms with Gasteiger partial charge in [-0.2, -0.15) is 0 Å². The second kappa shape index (κ2) is 5.91. The molecule has 1 aromatic carbocycles. The van der Waals surface area contributed by atoms with Gasteiger partial charge in [0.2, 0.25) is 0 Å². The van der Waals surface area contributed by atoms with E-state index in [2.05, 4.69) is 5.32 Å². The molecule has 0 aliphatic heterocycles. The van der Waals surface area contributed by atoms with Crippen LogP contribution in [-0.2, 0) is 6.54 Å². The normalized spacial score (nSPS) is 11.8.